The highest BCUT2D eigenvalue weighted by atomic mass is 19.1. The third kappa shape index (κ3) is 3.68. The van der Waals surface area contributed by atoms with E-state index in [0.29, 0.717) is 11.4 Å². The standard InChI is InChI=1S/C15H13F2NO3/c1-20-13-6-9(5-12(18)7-13)15(19)21-8-10-4-11(16)2-3-14(10)17/h2-7H,8,18H2,1H3. The van der Waals surface area contributed by atoms with E-state index in [-0.39, 0.29) is 17.7 Å². The van der Waals surface area contributed by atoms with Gasteiger partial charge < -0.3 is 15.2 Å². The number of rotatable bonds is 4. The molecule has 21 heavy (non-hydrogen) atoms. The Bertz CT molecular complexity index is 674. The second-order valence-corrected chi connectivity index (χ2v) is 4.31. The topological polar surface area (TPSA) is 61.5 Å². The molecule has 2 aromatic carbocycles. The van der Waals surface area contributed by atoms with Crippen LogP contribution in [0.4, 0.5) is 14.5 Å². The first-order valence-electron chi connectivity index (χ1n) is 6.05. The smallest absolute Gasteiger partial charge is 0.338 e. The number of nitrogens with two attached hydrogens (primary N) is 1. The zero-order valence-corrected chi connectivity index (χ0v) is 11.2. The van der Waals surface area contributed by atoms with Crippen LogP contribution in [-0.2, 0) is 11.3 Å². The number of hydrogen-bond donors (Lipinski definition) is 1. The van der Waals surface area contributed by atoms with Crippen molar-refractivity contribution in [2.45, 2.75) is 6.61 Å². The van der Waals surface area contributed by atoms with E-state index in [4.69, 9.17) is 15.2 Å². The molecule has 110 valence electrons. The summed E-state index contributed by atoms with van der Waals surface area (Å²) in [6.07, 6.45) is 0. The van der Waals surface area contributed by atoms with Crippen molar-refractivity contribution < 1.29 is 23.0 Å². The number of hydrogen-bond acceptors (Lipinski definition) is 4. The lowest BCUT2D eigenvalue weighted by Gasteiger charge is -2.08. The second-order valence-electron chi connectivity index (χ2n) is 4.31. The van der Waals surface area contributed by atoms with Crippen LogP contribution >= 0.6 is 0 Å². The Morgan fingerprint density at radius 1 is 1.19 bits per heavy atom. The quantitative estimate of drug-likeness (QED) is 0.695. The van der Waals surface area contributed by atoms with Crippen molar-refractivity contribution in [3.8, 4) is 5.75 Å². The van der Waals surface area contributed by atoms with Crippen LogP contribution in [0.15, 0.2) is 36.4 Å². The molecule has 0 amide bonds. The van der Waals surface area contributed by atoms with Crippen molar-refractivity contribution in [1.82, 2.24) is 0 Å². The Morgan fingerprint density at radius 3 is 2.67 bits per heavy atom. The normalized spacial score (nSPS) is 10.2. The molecule has 0 saturated heterocycles. The zero-order valence-electron chi connectivity index (χ0n) is 11.2. The van der Waals surface area contributed by atoms with Crippen LogP contribution in [0, 0.1) is 11.6 Å². The van der Waals surface area contributed by atoms with Gasteiger partial charge >= 0.3 is 5.97 Å². The first-order chi connectivity index (χ1) is 9.99. The minimum Gasteiger partial charge on any atom is -0.497 e. The first-order valence-corrected chi connectivity index (χ1v) is 6.05. The minimum absolute atomic E-state index is 0.0424. The number of carbonyl (C=O) groups excluding carboxylic acids is 1. The van der Waals surface area contributed by atoms with Gasteiger partial charge in [0.2, 0.25) is 0 Å². The lowest BCUT2D eigenvalue weighted by atomic mass is 10.2. The highest BCUT2D eigenvalue weighted by molar-refractivity contribution is 5.91. The van der Waals surface area contributed by atoms with Crippen LogP contribution in [0.25, 0.3) is 0 Å². The average Bonchev–Trinajstić information content (AvgIpc) is 2.47. The predicted molar refractivity (Wildman–Crippen MR) is 72.9 cm³/mol. The maximum Gasteiger partial charge on any atom is 0.338 e. The molecule has 0 spiro atoms. The molecule has 4 nitrogen and oxygen atoms in total. The number of esters is 1. The van der Waals surface area contributed by atoms with Crippen molar-refractivity contribution in [3.05, 3.63) is 59.2 Å². The molecule has 0 heterocycles. The molecule has 0 aliphatic heterocycles. The van der Waals surface area contributed by atoms with E-state index in [1.54, 1.807) is 6.07 Å². The fraction of sp³-hybridized carbons (Fsp3) is 0.133. The van der Waals surface area contributed by atoms with Crippen LogP contribution < -0.4 is 10.5 Å². The molecule has 0 aliphatic rings. The fourth-order valence-corrected chi connectivity index (χ4v) is 1.74. The van der Waals surface area contributed by atoms with Gasteiger partial charge in [-0.2, -0.15) is 0 Å². The number of methoxy groups -OCH3 is 1. The van der Waals surface area contributed by atoms with Gasteiger partial charge in [-0.1, -0.05) is 0 Å². The Labute approximate surface area is 120 Å². The van der Waals surface area contributed by atoms with Gasteiger partial charge in [-0.15, -0.1) is 0 Å². The molecule has 0 atom stereocenters. The van der Waals surface area contributed by atoms with Gasteiger partial charge in [0.25, 0.3) is 0 Å². The average molecular weight is 293 g/mol. The molecule has 6 heteroatoms. The van der Waals surface area contributed by atoms with Crippen molar-refractivity contribution in [2.75, 3.05) is 12.8 Å². The molecular formula is C15H13F2NO3. The molecule has 0 fully saturated rings. The Hall–Kier alpha value is -2.63. The molecule has 0 aliphatic carbocycles. The molecule has 2 aromatic rings. The van der Waals surface area contributed by atoms with Crippen LogP contribution in [0.3, 0.4) is 0 Å². The van der Waals surface area contributed by atoms with Gasteiger partial charge in [-0.3, -0.25) is 0 Å². The second kappa shape index (κ2) is 6.21. The van der Waals surface area contributed by atoms with Crippen molar-refractivity contribution in [3.63, 3.8) is 0 Å². The molecule has 0 saturated carbocycles. The number of benzene rings is 2. The summed E-state index contributed by atoms with van der Waals surface area (Å²) in [7, 11) is 1.44. The molecule has 0 aromatic heterocycles. The SMILES string of the molecule is COc1cc(N)cc(C(=O)OCc2cc(F)ccc2F)c1. The highest BCUT2D eigenvalue weighted by Crippen LogP contribution is 2.20. The third-order valence-electron chi connectivity index (χ3n) is 2.77. The fourth-order valence-electron chi connectivity index (χ4n) is 1.74. The lowest BCUT2D eigenvalue weighted by molar-refractivity contribution is 0.0468. The number of ether oxygens (including phenoxy) is 2. The van der Waals surface area contributed by atoms with E-state index in [2.05, 4.69) is 0 Å². The summed E-state index contributed by atoms with van der Waals surface area (Å²) in [4.78, 5) is 11.9. The maximum absolute atomic E-state index is 13.4. The summed E-state index contributed by atoms with van der Waals surface area (Å²) in [5.74, 6) is -1.55. The summed E-state index contributed by atoms with van der Waals surface area (Å²) < 4.78 is 36.3. The van der Waals surface area contributed by atoms with Crippen LogP contribution in [0.5, 0.6) is 5.75 Å². The Balaban J connectivity index is 2.11. The van der Waals surface area contributed by atoms with Gasteiger partial charge in [0.1, 0.15) is 24.0 Å². The number of anilines is 1. The van der Waals surface area contributed by atoms with Gasteiger partial charge in [0.15, 0.2) is 0 Å². The van der Waals surface area contributed by atoms with Gasteiger partial charge in [0.05, 0.1) is 12.7 Å². The summed E-state index contributed by atoms with van der Waals surface area (Å²) in [6, 6.07) is 7.34. The van der Waals surface area contributed by atoms with Crippen LogP contribution in [0.2, 0.25) is 0 Å². The van der Waals surface area contributed by atoms with Crippen molar-refractivity contribution in [2.24, 2.45) is 0 Å². The molecule has 0 radical (unpaired) electrons. The molecular weight excluding hydrogens is 280 g/mol. The number of nitrogen functional groups attached to an aromatic ring is 1. The monoisotopic (exact) mass is 293 g/mol. The Morgan fingerprint density at radius 2 is 1.95 bits per heavy atom. The van der Waals surface area contributed by atoms with E-state index >= 15 is 0 Å². The van der Waals surface area contributed by atoms with E-state index in [1.807, 2.05) is 0 Å². The summed E-state index contributed by atoms with van der Waals surface area (Å²) in [5.41, 5.74) is 6.09. The predicted octanol–water partition coefficient (Wildman–Crippen LogP) is 2.91. The number of halogens is 2. The summed E-state index contributed by atoms with van der Waals surface area (Å²) in [6.45, 7) is -0.375. The third-order valence-corrected chi connectivity index (χ3v) is 2.77. The Kier molecular flexibility index (Phi) is 4.37. The molecule has 2 N–H and O–H groups in total. The molecule has 2 rings (SSSR count). The lowest BCUT2D eigenvalue weighted by Crippen LogP contribution is -2.07. The highest BCUT2D eigenvalue weighted by Gasteiger charge is 2.12. The van der Waals surface area contributed by atoms with E-state index in [1.165, 1.54) is 19.2 Å². The zero-order chi connectivity index (χ0) is 15.4. The van der Waals surface area contributed by atoms with E-state index in [9.17, 15) is 13.6 Å². The van der Waals surface area contributed by atoms with E-state index < -0.39 is 17.6 Å². The van der Waals surface area contributed by atoms with Gasteiger partial charge in [-0.05, 0) is 30.3 Å². The van der Waals surface area contributed by atoms with E-state index in [0.717, 1.165) is 18.2 Å². The molecule has 0 bridgehead atoms. The van der Waals surface area contributed by atoms with Crippen molar-refractivity contribution >= 4 is 11.7 Å². The minimum atomic E-state index is -0.704. The maximum atomic E-state index is 13.4. The van der Waals surface area contributed by atoms with Gasteiger partial charge in [-0.25, -0.2) is 13.6 Å². The van der Waals surface area contributed by atoms with Crippen molar-refractivity contribution in [1.29, 1.82) is 0 Å². The summed E-state index contributed by atoms with van der Waals surface area (Å²) >= 11 is 0. The number of carbonyl (C=O) groups is 1. The molecule has 0 unspecified atom stereocenters. The van der Waals surface area contributed by atoms with Gasteiger partial charge in [0, 0.05) is 17.3 Å². The van der Waals surface area contributed by atoms with Crippen LogP contribution in [0.1, 0.15) is 15.9 Å². The summed E-state index contributed by atoms with van der Waals surface area (Å²) in [5, 5.41) is 0. The van der Waals surface area contributed by atoms with Crippen LogP contribution in [-0.4, -0.2) is 13.1 Å². The first kappa shape index (κ1) is 14.8. The largest absolute Gasteiger partial charge is 0.497 e.